The molecule has 2 aromatic rings. The van der Waals surface area contributed by atoms with Gasteiger partial charge in [0, 0.05) is 6.07 Å². The van der Waals surface area contributed by atoms with Gasteiger partial charge in [0.1, 0.15) is 5.82 Å². The summed E-state index contributed by atoms with van der Waals surface area (Å²) < 4.78 is 44.7. The zero-order chi connectivity index (χ0) is 14.9. The Morgan fingerprint density at radius 3 is 2.35 bits per heavy atom. The summed E-state index contributed by atoms with van der Waals surface area (Å²) in [7, 11) is 0. The Bertz CT molecular complexity index is 689. The summed E-state index contributed by atoms with van der Waals surface area (Å²) >= 11 is 2.79. The number of carboxylic acids is 1. The van der Waals surface area contributed by atoms with Crippen LogP contribution >= 0.6 is 15.9 Å². The van der Waals surface area contributed by atoms with Crippen molar-refractivity contribution in [2.75, 3.05) is 0 Å². The molecule has 0 unspecified atom stereocenters. The molecule has 104 valence electrons. The van der Waals surface area contributed by atoms with Gasteiger partial charge < -0.3 is 9.84 Å². The van der Waals surface area contributed by atoms with Crippen molar-refractivity contribution in [3.8, 4) is 11.5 Å². The molecule has 0 saturated heterocycles. The van der Waals surface area contributed by atoms with Crippen molar-refractivity contribution >= 4 is 21.9 Å². The molecular formula is C13H6BrF3O3. The fraction of sp³-hybridized carbons (Fsp3) is 0. The first-order valence-electron chi connectivity index (χ1n) is 5.24. The van der Waals surface area contributed by atoms with Crippen molar-refractivity contribution in [3.05, 3.63) is 57.8 Å². The average Bonchev–Trinajstić information content (AvgIpc) is 2.37. The lowest BCUT2D eigenvalue weighted by molar-refractivity contribution is 0.0695. The number of carbonyl (C=O) groups is 1. The molecule has 0 heterocycles. The Kier molecular flexibility index (Phi) is 3.99. The SMILES string of the molecule is O=C(O)c1ccc(Oc2ccc(F)cc2F)c(F)c1Br. The first-order valence-corrected chi connectivity index (χ1v) is 6.03. The van der Waals surface area contributed by atoms with Crippen LogP contribution in [0.3, 0.4) is 0 Å². The zero-order valence-corrected chi connectivity index (χ0v) is 11.2. The van der Waals surface area contributed by atoms with E-state index in [9.17, 15) is 18.0 Å². The molecule has 20 heavy (non-hydrogen) atoms. The van der Waals surface area contributed by atoms with E-state index in [2.05, 4.69) is 15.9 Å². The Labute approximate surface area is 119 Å². The molecule has 0 atom stereocenters. The maximum atomic E-state index is 13.9. The van der Waals surface area contributed by atoms with Gasteiger partial charge in [-0.05, 0) is 40.2 Å². The molecule has 3 nitrogen and oxygen atoms in total. The number of carboxylic acid groups (broad SMARTS) is 1. The van der Waals surface area contributed by atoms with Crippen molar-refractivity contribution in [2.45, 2.75) is 0 Å². The molecule has 7 heteroatoms. The molecular weight excluding hydrogens is 341 g/mol. The van der Waals surface area contributed by atoms with Gasteiger partial charge in [-0.15, -0.1) is 0 Å². The summed E-state index contributed by atoms with van der Waals surface area (Å²) in [6.45, 7) is 0. The largest absolute Gasteiger partial charge is 0.478 e. The molecule has 0 aromatic heterocycles. The fourth-order valence-electron chi connectivity index (χ4n) is 1.45. The van der Waals surface area contributed by atoms with Crippen LogP contribution in [0.2, 0.25) is 0 Å². The molecule has 0 aliphatic carbocycles. The van der Waals surface area contributed by atoms with E-state index in [1.165, 1.54) is 0 Å². The summed E-state index contributed by atoms with van der Waals surface area (Å²) in [6.07, 6.45) is 0. The number of ether oxygens (including phenoxy) is 1. The smallest absolute Gasteiger partial charge is 0.336 e. The Balaban J connectivity index is 2.39. The van der Waals surface area contributed by atoms with E-state index in [4.69, 9.17) is 9.84 Å². The quantitative estimate of drug-likeness (QED) is 0.898. The minimum atomic E-state index is -1.32. The highest BCUT2D eigenvalue weighted by Crippen LogP contribution is 2.32. The lowest BCUT2D eigenvalue weighted by atomic mass is 10.2. The molecule has 0 spiro atoms. The monoisotopic (exact) mass is 346 g/mol. The first kappa shape index (κ1) is 14.4. The van der Waals surface area contributed by atoms with Gasteiger partial charge in [0.2, 0.25) is 0 Å². The number of halogens is 4. The number of rotatable bonds is 3. The van der Waals surface area contributed by atoms with Gasteiger partial charge in [0.25, 0.3) is 0 Å². The summed E-state index contributed by atoms with van der Waals surface area (Å²) in [4.78, 5) is 10.8. The van der Waals surface area contributed by atoms with Gasteiger partial charge in [0.15, 0.2) is 23.1 Å². The van der Waals surface area contributed by atoms with E-state index in [0.29, 0.717) is 6.07 Å². The highest BCUT2D eigenvalue weighted by molar-refractivity contribution is 9.10. The summed E-state index contributed by atoms with van der Waals surface area (Å²) in [5.74, 6) is -4.86. The molecule has 0 aliphatic heterocycles. The highest BCUT2D eigenvalue weighted by Gasteiger charge is 2.18. The number of hydrogen-bond donors (Lipinski definition) is 1. The van der Waals surface area contributed by atoms with Crippen LogP contribution in [-0.4, -0.2) is 11.1 Å². The van der Waals surface area contributed by atoms with Crippen LogP contribution in [-0.2, 0) is 0 Å². The normalized spacial score (nSPS) is 10.4. The summed E-state index contributed by atoms with van der Waals surface area (Å²) in [5.41, 5.74) is -0.297. The Morgan fingerprint density at radius 2 is 1.75 bits per heavy atom. The Morgan fingerprint density at radius 1 is 1.10 bits per heavy atom. The van der Waals surface area contributed by atoms with Gasteiger partial charge in [-0.25, -0.2) is 18.0 Å². The van der Waals surface area contributed by atoms with Crippen molar-refractivity contribution in [3.63, 3.8) is 0 Å². The minimum Gasteiger partial charge on any atom is -0.478 e. The summed E-state index contributed by atoms with van der Waals surface area (Å²) in [6, 6.07) is 4.70. The van der Waals surface area contributed by atoms with Gasteiger partial charge in [-0.1, -0.05) is 0 Å². The second-order valence-electron chi connectivity index (χ2n) is 3.72. The van der Waals surface area contributed by atoms with Crippen LogP contribution in [0.25, 0.3) is 0 Å². The van der Waals surface area contributed by atoms with E-state index in [1.54, 1.807) is 0 Å². The van der Waals surface area contributed by atoms with E-state index in [1.807, 2.05) is 0 Å². The number of benzene rings is 2. The molecule has 0 bridgehead atoms. The van der Waals surface area contributed by atoms with Crippen molar-refractivity contribution < 1.29 is 27.8 Å². The maximum Gasteiger partial charge on any atom is 0.336 e. The van der Waals surface area contributed by atoms with Gasteiger partial charge in [-0.2, -0.15) is 0 Å². The maximum absolute atomic E-state index is 13.9. The van der Waals surface area contributed by atoms with Crippen molar-refractivity contribution in [1.82, 2.24) is 0 Å². The molecule has 2 aromatic carbocycles. The molecule has 0 fully saturated rings. The van der Waals surface area contributed by atoms with Crippen LogP contribution in [0.4, 0.5) is 13.2 Å². The third kappa shape index (κ3) is 2.77. The van der Waals surface area contributed by atoms with Crippen LogP contribution in [0.1, 0.15) is 10.4 Å². The van der Waals surface area contributed by atoms with E-state index < -0.39 is 23.4 Å². The molecule has 0 radical (unpaired) electrons. The minimum absolute atomic E-state index is 0.297. The van der Waals surface area contributed by atoms with Crippen molar-refractivity contribution in [1.29, 1.82) is 0 Å². The van der Waals surface area contributed by atoms with Gasteiger partial charge in [-0.3, -0.25) is 0 Å². The molecule has 1 N–H and O–H groups in total. The third-order valence-corrected chi connectivity index (χ3v) is 3.17. The average molecular weight is 347 g/mol. The number of hydrogen-bond acceptors (Lipinski definition) is 2. The van der Waals surface area contributed by atoms with Crippen LogP contribution < -0.4 is 4.74 Å². The molecule has 0 saturated carbocycles. The molecule has 2 rings (SSSR count). The standard InChI is InChI=1S/C13H6BrF3O3/c14-11-7(13(18)19)2-4-10(12(11)17)20-9-3-1-6(15)5-8(9)16/h1-5H,(H,18,19). The lowest BCUT2D eigenvalue weighted by Crippen LogP contribution is -2.01. The number of aromatic carboxylic acids is 1. The van der Waals surface area contributed by atoms with Crippen LogP contribution in [0, 0.1) is 17.5 Å². The first-order chi connectivity index (χ1) is 9.40. The van der Waals surface area contributed by atoms with Gasteiger partial charge in [0.05, 0.1) is 10.0 Å². The second kappa shape index (κ2) is 5.54. The van der Waals surface area contributed by atoms with Crippen LogP contribution in [0.15, 0.2) is 34.8 Å². The summed E-state index contributed by atoms with van der Waals surface area (Å²) in [5, 5.41) is 8.81. The lowest BCUT2D eigenvalue weighted by Gasteiger charge is -2.10. The van der Waals surface area contributed by atoms with E-state index in [-0.39, 0.29) is 21.5 Å². The molecule has 0 amide bonds. The zero-order valence-electron chi connectivity index (χ0n) is 9.66. The van der Waals surface area contributed by atoms with E-state index >= 15 is 0 Å². The van der Waals surface area contributed by atoms with E-state index in [0.717, 1.165) is 24.3 Å². The third-order valence-electron chi connectivity index (χ3n) is 2.39. The highest BCUT2D eigenvalue weighted by atomic mass is 79.9. The topological polar surface area (TPSA) is 46.5 Å². The predicted octanol–water partition coefficient (Wildman–Crippen LogP) is 4.36. The van der Waals surface area contributed by atoms with Crippen molar-refractivity contribution in [2.24, 2.45) is 0 Å². The van der Waals surface area contributed by atoms with Crippen LogP contribution in [0.5, 0.6) is 11.5 Å². The Hall–Kier alpha value is -2.02. The fourth-order valence-corrected chi connectivity index (χ4v) is 1.95. The predicted molar refractivity (Wildman–Crippen MR) is 67.5 cm³/mol. The molecule has 0 aliphatic rings. The second-order valence-corrected chi connectivity index (χ2v) is 4.51. The van der Waals surface area contributed by atoms with Gasteiger partial charge >= 0.3 is 5.97 Å².